The van der Waals surface area contributed by atoms with Crippen LogP contribution in [0.2, 0.25) is 0 Å². The summed E-state index contributed by atoms with van der Waals surface area (Å²) in [5, 5.41) is 0. The van der Waals surface area contributed by atoms with Gasteiger partial charge in [0.1, 0.15) is 5.75 Å². The van der Waals surface area contributed by atoms with Gasteiger partial charge in [-0.05, 0) is 55.4 Å². The fourth-order valence-electron chi connectivity index (χ4n) is 4.68. The first-order chi connectivity index (χ1) is 14.7. The Hall–Kier alpha value is -2.82. The summed E-state index contributed by atoms with van der Waals surface area (Å²) in [6.45, 7) is 2.93. The van der Waals surface area contributed by atoms with Crippen LogP contribution in [0.1, 0.15) is 47.5 Å². The molecule has 2 aliphatic heterocycles. The molecule has 0 unspecified atom stereocenters. The Morgan fingerprint density at radius 3 is 2.17 bits per heavy atom. The van der Waals surface area contributed by atoms with Crippen LogP contribution in [0, 0.1) is 5.92 Å². The van der Waals surface area contributed by atoms with E-state index >= 15 is 0 Å². The molecule has 2 heterocycles. The van der Waals surface area contributed by atoms with Gasteiger partial charge in [-0.1, -0.05) is 36.4 Å². The minimum atomic E-state index is 0.0171. The summed E-state index contributed by atoms with van der Waals surface area (Å²) in [4.78, 5) is 29.7. The summed E-state index contributed by atoms with van der Waals surface area (Å²) < 4.78 is 5.22. The number of rotatable bonds is 4. The Kier molecular flexibility index (Phi) is 6.36. The molecule has 2 aromatic carbocycles. The Labute approximate surface area is 178 Å². The zero-order valence-electron chi connectivity index (χ0n) is 17.6. The smallest absolute Gasteiger partial charge is 0.253 e. The Morgan fingerprint density at radius 2 is 1.50 bits per heavy atom. The van der Waals surface area contributed by atoms with E-state index < -0.39 is 0 Å². The number of methoxy groups -OCH3 is 1. The number of likely N-dealkylation sites (tertiary alicyclic amines) is 2. The minimum Gasteiger partial charge on any atom is -0.497 e. The monoisotopic (exact) mass is 406 g/mol. The van der Waals surface area contributed by atoms with Gasteiger partial charge in [0.05, 0.1) is 7.11 Å². The Balaban J connectivity index is 1.28. The summed E-state index contributed by atoms with van der Waals surface area (Å²) >= 11 is 0. The van der Waals surface area contributed by atoms with Gasteiger partial charge in [-0.3, -0.25) is 9.59 Å². The maximum absolute atomic E-state index is 13.0. The average molecular weight is 407 g/mol. The van der Waals surface area contributed by atoms with E-state index in [0.717, 1.165) is 38.8 Å². The van der Waals surface area contributed by atoms with Crippen molar-refractivity contribution in [1.82, 2.24) is 9.80 Å². The van der Waals surface area contributed by atoms with E-state index in [-0.39, 0.29) is 17.7 Å². The molecule has 0 N–H and O–H groups in total. The minimum absolute atomic E-state index is 0.0171. The molecule has 0 radical (unpaired) electrons. The van der Waals surface area contributed by atoms with Crippen LogP contribution in [0.3, 0.4) is 0 Å². The van der Waals surface area contributed by atoms with Crippen LogP contribution in [-0.4, -0.2) is 54.9 Å². The molecule has 5 heteroatoms. The molecule has 2 aliphatic rings. The lowest BCUT2D eigenvalue weighted by Gasteiger charge is -2.37. The number of ether oxygens (including phenoxy) is 1. The number of piperidine rings is 2. The van der Waals surface area contributed by atoms with E-state index in [1.165, 1.54) is 5.56 Å². The maximum Gasteiger partial charge on any atom is 0.253 e. The molecule has 5 nitrogen and oxygen atoms in total. The molecule has 30 heavy (non-hydrogen) atoms. The number of nitrogens with zero attached hydrogens (tertiary/aromatic N) is 2. The van der Waals surface area contributed by atoms with Crippen LogP contribution >= 0.6 is 0 Å². The topological polar surface area (TPSA) is 49.9 Å². The van der Waals surface area contributed by atoms with Gasteiger partial charge in [0.15, 0.2) is 0 Å². The summed E-state index contributed by atoms with van der Waals surface area (Å²) in [5.41, 5.74) is 2.02. The van der Waals surface area contributed by atoms with E-state index in [1.807, 2.05) is 34.1 Å². The summed E-state index contributed by atoms with van der Waals surface area (Å²) in [5.74, 6) is 1.56. The van der Waals surface area contributed by atoms with Gasteiger partial charge < -0.3 is 14.5 Å². The predicted molar refractivity (Wildman–Crippen MR) is 117 cm³/mol. The molecule has 2 amide bonds. The van der Waals surface area contributed by atoms with Crippen LogP contribution in [-0.2, 0) is 4.79 Å². The lowest BCUT2D eigenvalue weighted by atomic mass is 9.88. The predicted octanol–water partition coefficient (Wildman–Crippen LogP) is 3.95. The zero-order valence-corrected chi connectivity index (χ0v) is 17.6. The number of hydrogen-bond donors (Lipinski definition) is 0. The summed E-state index contributed by atoms with van der Waals surface area (Å²) in [6, 6.07) is 17.9. The van der Waals surface area contributed by atoms with E-state index in [0.29, 0.717) is 30.3 Å². The van der Waals surface area contributed by atoms with Crippen molar-refractivity contribution in [2.45, 2.75) is 31.6 Å². The van der Waals surface area contributed by atoms with Gasteiger partial charge in [-0.2, -0.15) is 0 Å². The van der Waals surface area contributed by atoms with Gasteiger partial charge in [-0.15, -0.1) is 0 Å². The van der Waals surface area contributed by atoms with Gasteiger partial charge in [0.2, 0.25) is 5.91 Å². The third-order valence-corrected chi connectivity index (χ3v) is 6.53. The lowest BCUT2D eigenvalue weighted by molar-refractivity contribution is -0.138. The van der Waals surface area contributed by atoms with Crippen molar-refractivity contribution in [3.05, 3.63) is 65.7 Å². The second kappa shape index (κ2) is 9.33. The molecular weight excluding hydrogens is 376 g/mol. The van der Waals surface area contributed by atoms with Gasteiger partial charge in [-0.25, -0.2) is 0 Å². The summed E-state index contributed by atoms with van der Waals surface area (Å²) in [6.07, 6.45) is 3.55. The van der Waals surface area contributed by atoms with Crippen molar-refractivity contribution in [1.29, 1.82) is 0 Å². The van der Waals surface area contributed by atoms with E-state index in [4.69, 9.17) is 4.74 Å². The van der Waals surface area contributed by atoms with Crippen molar-refractivity contribution in [2.24, 2.45) is 5.92 Å². The van der Waals surface area contributed by atoms with Gasteiger partial charge in [0.25, 0.3) is 5.91 Å². The normalized spacial score (nSPS) is 18.3. The van der Waals surface area contributed by atoms with Crippen LogP contribution in [0.5, 0.6) is 5.75 Å². The first-order valence-electron chi connectivity index (χ1n) is 10.9. The molecular formula is C25H30N2O3. The number of carbonyl (C=O) groups excluding carboxylic acids is 2. The number of benzene rings is 2. The van der Waals surface area contributed by atoms with Crippen molar-refractivity contribution in [2.75, 3.05) is 33.3 Å². The molecule has 2 saturated heterocycles. The molecule has 0 aromatic heterocycles. The maximum atomic E-state index is 13.0. The molecule has 158 valence electrons. The van der Waals surface area contributed by atoms with E-state index in [2.05, 4.69) is 24.3 Å². The van der Waals surface area contributed by atoms with Crippen LogP contribution in [0.4, 0.5) is 0 Å². The van der Waals surface area contributed by atoms with Crippen molar-refractivity contribution in [3.8, 4) is 5.75 Å². The van der Waals surface area contributed by atoms with Crippen molar-refractivity contribution >= 4 is 11.8 Å². The average Bonchev–Trinajstić information content (AvgIpc) is 2.84. The molecule has 0 aliphatic carbocycles. The fraction of sp³-hybridized carbons (Fsp3) is 0.440. The molecule has 2 fully saturated rings. The van der Waals surface area contributed by atoms with Crippen molar-refractivity contribution in [3.63, 3.8) is 0 Å². The molecule has 0 bridgehead atoms. The van der Waals surface area contributed by atoms with Crippen molar-refractivity contribution < 1.29 is 14.3 Å². The SMILES string of the molecule is COc1cccc(C(=O)N2CCC(C(=O)N3CCC(c4ccccc4)CC3)CC2)c1. The molecule has 0 saturated carbocycles. The number of hydrogen-bond acceptors (Lipinski definition) is 3. The first-order valence-corrected chi connectivity index (χ1v) is 10.9. The fourth-order valence-corrected chi connectivity index (χ4v) is 4.68. The van der Waals surface area contributed by atoms with Crippen LogP contribution < -0.4 is 4.74 Å². The highest BCUT2D eigenvalue weighted by Gasteiger charge is 2.32. The molecule has 2 aromatic rings. The van der Waals surface area contributed by atoms with Crippen LogP contribution in [0.25, 0.3) is 0 Å². The molecule has 0 atom stereocenters. The van der Waals surface area contributed by atoms with E-state index in [1.54, 1.807) is 13.2 Å². The molecule has 4 rings (SSSR count). The first kappa shape index (κ1) is 20.5. The standard InChI is InChI=1S/C25H30N2O3/c1-30-23-9-5-8-22(18-23)25(29)27-16-12-21(13-17-27)24(28)26-14-10-20(11-15-26)19-6-3-2-4-7-19/h2-9,18,20-21H,10-17H2,1H3. The third kappa shape index (κ3) is 4.50. The van der Waals surface area contributed by atoms with E-state index in [9.17, 15) is 9.59 Å². The lowest BCUT2D eigenvalue weighted by Crippen LogP contribution is -2.46. The zero-order chi connectivity index (χ0) is 20.9. The second-order valence-corrected chi connectivity index (χ2v) is 8.31. The number of carbonyl (C=O) groups is 2. The Bertz CT molecular complexity index is 867. The third-order valence-electron chi connectivity index (χ3n) is 6.53. The highest BCUT2D eigenvalue weighted by atomic mass is 16.5. The number of amides is 2. The quantitative estimate of drug-likeness (QED) is 0.772. The van der Waals surface area contributed by atoms with Gasteiger partial charge >= 0.3 is 0 Å². The highest BCUT2D eigenvalue weighted by Crippen LogP contribution is 2.30. The second-order valence-electron chi connectivity index (χ2n) is 8.31. The Morgan fingerprint density at radius 1 is 0.833 bits per heavy atom. The highest BCUT2D eigenvalue weighted by molar-refractivity contribution is 5.94. The molecule has 0 spiro atoms. The summed E-state index contributed by atoms with van der Waals surface area (Å²) in [7, 11) is 1.60. The van der Waals surface area contributed by atoms with Crippen LogP contribution in [0.15, 0.2) is 54.6 Å². The van der Waals surface area contributed by atoms with Gasteiger partial charge in [0, 0.05) is 37.7 Å². The largest absolute Gasteiger partial charge is 0.497 e.